The van der Waals surface area contributed by atoms with E-state index in [1.165, 1.54) is 46.8 Å². The second-order valence-electron chi connectivity index (χ2n) is 4.33. The summed E-state index contributed by atoms with van der Waals surface area (Å²) in [6.07, 6.45) is 0. The molecule has 0 heterocycles. The van der Waals surface area contributed by atoms with E-state index in [0.29, 0.717) is 15.8 Å². The third-order valence-electron chi connectivity index (χ3n) is 2.96. The Balaban J connectivity index is 2.49. The van der Waals surface area contributed by atoms with Crippen LogP contribution in [0, 0.1) is 5.82 Å². The lowest BCUT2D eigenvalue weighted by atomic mass is 10.3. The molecule has 7 heteroatoms. The van der Waals surface area contributed by atoms with Gasteiger partial charge in [-0.1, -0.05) is 0 Å². The molecule has 21 heavy (non-hydrogen) atoms. The quantitative estimate of drug-likeness (QED) is 0.836. The van der Waals surface area contributed by atoms with Crippen LogP contribution in [-0.2, 0) is 10.0 Å². The molecule has 112 valence electrons. The number of anilines is 2. The molecule has 0 radical (unpaired) electrons. The van der Waals surface area contributed by atoms with E-state index in [2.05, 4.69) is 15.9 Å². The van der Waals surface area contributed by atoms with Crippen molar-refractivity contribution < 1.29 is 12.8 Å². The molecule has 0 atom stereocenters. The standard InChI is InChI=1S/C14H14BrFN2O2S/c1-2-18(11-5-3-10(16)4-6-11)21(19,20)12-7-8-14(17)13(15)9-12/h3-9H,2,17H2,1H3. The van der Waals surface area contributed by atoms with Crippen molar-refractivity contribution in [3.05, 3.63) is 52.8 Å². The van der Waals surface area contributed by atoms with Crippen LogP contribution >= 0.6 is 15.9 Å². The Hall–Kier alpha value is -1.60. The van der Waals surface area contributed by atoms with E-state index < -0.39 is 15.8 Å². The largest absolute Gasteiger partial charge is 0.398 e. The topological polar surface area (TPSA) is 63.4 Å². The Morgan fingerprint density at radius 1 is 1.19 bits per heavy atom. The molecule has 0 aliphatic heterocycles. The first-order chi connectivity index (χ1) is 9.86. The number of hydrogen-bond donors (Lipinski definition) is 1. The zero-order valence-electron chi connectivity index (χ0n) is 11.3. The highest BCUT2D eigenvalue weighted by Gasteiger charge is 2.24. The van der Waals surface area contributed by atoms with E-state index in [-0.39, 0.29) is 11.4 Å². The molecule has 2 N–H and O–H groups in total. The smallest absolute Gasteiger partial charge is 0.264 e. The highest BCUT2D eigenvalue weighted by molar-refractivity contribution is 9.10. The van der Waals surface area contributed by atoms with Gasteiger partial charge in [0.25, 0.3) is 10.0 Å². The Bertz CT molecular complexity index is 748. The number of hydrogen-bond acceptors (Lipinski definition) is 3. The Kier molecular flexibility index (Phi) is 4.53. The summed E-state index contributed by atoms with van der Waals surface area (Å²) in [5, 5.41) is 0. The first-order valence-corrected chi connectivity index (χ1v) is 8.43. The highest BCUT2D eigenvalue weighted by atomic mass is 79.9. The average molecular weight is 373 g/mol. The van der Waals surface area contributed by atoms with E-state index in [1.54, 1.807) is 6.92 Å². The summed E-state index contributed by atoms with van der Waals surface area (Å²) >= 11 is 3.22. The summed E-state index contributed by atoms with van der Waals surface area (Å²) in [6, 6.07) is 9.75. The number of nitrogens with two attached hydrogens (primary N) is 1. The molecule has 0 spiro atoms. The molecule has 2 aromatic rings. The van der Waals surface area contributed by atoms with Crippen molar-refractivity contribution in [2.45, 2.75) is 11.8 Å². The van der Waals surface area contributed by atoms with Crippen LogP contribution in [0.5, 0.6) is 0 Å². The first kappa shape index (κ1) is 15.8. The molecule has 0 bridgehead atoms. The van der Waals surface area contributed by atoms with E-state index in [0.717, 1.165) is 0 Å². The summed E-state index contributed by atoms with van der Waals surface area (Å²) < 4.78 is 40.1. The van der Waals surface area contributed by atoms with E-state index >= 15 is 0 Å². The molecular formula is C14H14BrFN2O2S. The number of nitrogens with zero attached hydrogens (tertiary/aromatic N) is 1. The third kappa shape index (κ3) is 3.19. The predicted octanol–water partition coefficient (Wildman–Crippen LogP) is 3.39. The van der Waals surface area contributed by atoms with Crippen LogP contribution in [0.1, 0.15) is 6.92 Å². The molecular weight excluding hydrogens is 359 g/mol. The molecule has 0 fully saturated rings. The summed E-state index contributed by atoms with van der Waals surface area (Å²) in [5.74, 6) is -0.414. The number of rotatable bonds is 4. The molecule has 0 saturated heterocycles. The molecule has 0 unspecified atom stereocenters. The number of halogens is 2. The molecule has 0 aliphatic rings. The number of benzene rings is 2. The Labute approximate surface area is 131 Å². The van der Waals surface area contributed by atoms with Gasteiger partial charge in [-0.05, 0) is 65.3 Å². The molecule has 0 aromatic heterocycles. The summed E-state index contributed by atoms with van der Waals surface area (Å²) in [6.45, 7) is 1.95. The van der Waals surface area contributed by atoms with Gasteiger partial charge in [0, 0.05) is 16.7 Å². The van der Waals surface area contributed by atoms with E-state index in [1.807, 2.05) is 0 Å². The van der Waals surface area contributed by atoms with Crippen LogP contribution in [0.3, 0.4) is 0 Å². The van der Waals surface area contributed by atoms with Crippen LogP contribution < -0.4 is 10.0 Å². The zero-order valence-corrected chi connectivity index (χ0v) is 13.7. The summed E-state index contributed by atoms with van der Waals surface area (Å²) in [4.78, 5) is 0.120. The normalized spacial score (nSPS) is 11.4. The van der Waals surface area contributed by atoms with Gasteiger partial charge < -0.3 is 5.73 Å². The van der Waals surface area contributed by atoms with Crippen LogP contribution in [-0.4, -0.2) is 15.0 Å². The lowest BCUT2D eigenvalue weighted by molar-refractivity contribution is 0.591. The minimum absolute atomic E-state index is 0.120. The maximum Gasteiger partial charge on any atom is 0.264 e. The van der Waals surface area contributed by atoms with Gasteiger partial charge >= 0.3 is 0 Å². The maximum absolute atomic E-state index is 13.0. The van der Waals surface area contributed by atoms with Gasteiger partial charge in [-0.3, -0.25) is 4.31 Å². The van der Waals surface area contributed by atoms with Crippen molar-refractivity contribution in [2.75, 3.05) is 16.6 Å². The van der Waals surface area contributed by atoms with Gasteiger partial charge in [0.15, 0.2) is 0 Å². The van der Waals surface area contributed by atoms with Gasteiger partial charge in [-0.25, -0.2) is 12.8 Å². The van der Waals surface area contributed by atoms with Crippen molar-refractivity contribution in [1.29, 1.82) is 0 Å². The molecule has 0 saturated carbocycles. The van der Waals surface area contributed by atoms with Crippen LogP contribution in [0.4, 0.5) is 15.8 Å². The highest BCUT2D eigenvalue weighted by Crippen LogP contribution is 2.28. The Morgan fingerprint density at radius 2 is 1.81 bits per heavy atom. The number of nitrogen functional groups attached to an aromatic ring is 1. The van der Waals surface area contributed by atoms with Crippen LogP contribution in [0.25, 0.3) is 0 Å². The monoisotopic (exact) mass is 372 g/mol. The van der Waals surface area contributed by atoms with Crippen LogP contribution in [0.15, 0.2) is 51.8 Å². The fourth-order valence-electron chi connectivity index (χ4n) is 1.89. The molecule has 0 aliphatic carbocycles. The summed E-state index contributed by atoms with van der Waals surface area (Å²) in [7, 11) is -3.73. The van der Waals surface area contributed by atoms with E-state index in [4.69, 9.17) is 5.73 Å². The van der Waals surface area contributed by atoms with Crippen molar-refractivity contribution in [1.82, 2.24) is 0 Å². The zero-order chi connectivity index (χ0) is 15.6. The van der Waals surface area contributed by atoms with Crippen molar-refractivity contribution in [3.63, 3.8) is 0 Å². The van der Waals surface area contributed by atoms with Crippen LogP contribution in [0.2, 0.25) is 0 Å². The second kappa shape index (κ2) is 6.03. The molecule has 0 amide bonds. The number of sulfonamides is 1. The Morgan fingerprint density at radius 3 is 2.33 bits per heavy atom. The van der Waals surface area contributed by atoms with Gasteiger partial charge in [0.2, 0.25) is 0 Å². The minimum Gasteiger partial charge on any atom is -0.398 e. The SMILES string of the molecule is CCN(c1ccc(F)cc1)S(=O)(=O)c1ccc(N)c(Br)c1. The average Bonchev–Trinajstić information content (AvgIpc) is 2.44. The lowest BCUT2D eigenvalue weighted by Crippen LogP contribution is -2.30. The lowest BCUT2D eigenvalue weighted by Gasteiger charge is -2.23. The van der Waals surface area contributed by atoms with Crippen molar-refractivity contribution in [3.8, 4) is 0 Å². The van der Waals surface area contributed by atoms with Crippen molar-refractivity contribution in [2.24, 2.45) is 0 Å². The minimum atomic E-state index is -3.73. The van der Waals surface area contributed by atoms with E-state index in [9.17, 15) is 12.8 Å². The van der Waals surface area contributed by atoms with Gasteiger partial charge in [0.1, 0.15) is 5.82 Å². The van der Waals surface area contributed by atoms with Gasteiger partial charge in [-0.2, -0.15) is 0 Å². The summed E-state index contributed by atoms with van der Waals surface area (Å²) in [5.41, 5.74) is 6.54. The first-order valence-electron chi connectivity index (χ1n) is 6.19. The maximum atomic E-state index is 13.0. The van der Waals surface area contributed by atoms with Crippen molar-refractivity contribution >= 4 is 37.3 Å². The third-order valence-corrected chi connectivity index (χ3v) is 5.55. The molecule has 2 aromatic carbocycles. The van der Waals surface area contributed by atoms with Gasteiger partial charge in [0.05, 0.1) is 10.6 Å². The van der Waals surface area contributed by atoms with Gasteiger partial charge in [-0.15, -0.1) is 0 Å². The molecule has 4 nitrogen and oxygen atoms in total. The molecule has 2 rings (SSSR count). The fraction of sp³-hybridized carbons (Fsp3) is 0.143. The second-order valence-corrected chi connectivity index (χ2v) is 7.05. The fourth-order valence-corrected chi connectivity index (χ4v) is 3.92. The predicted molar refractivity (Wildman–Crippen MR) is 85.2 cm³/mol.